The Kier molecular flexibility index (Phi) is 6.47. The summed E-state index contributed by atoms with van der Waals surface area (Å²) in [4.78, 5) is 15.9. The Morgan fingerprint density at radius 3 is 1.57 bits per heavy atom. The molecule has 0 N–H and O–H groups in total. The van der Waals surface area contributed by atoms with Gasteiger partial charge >= 0.3 is 0 Å². The van der Waals surface area contributed by atoms with Crippen LogP contribution in [0.3, 0.4) is 0 Å². The third-order valence-electron chi connectivity index (χ3n) is 11.1. The van der Waals surface area contributed by atoms with Gasteiger partial charge in [0.25, 0.3) is 0 Å². The second-order valence-electron chi connectivity index (χ2n) is 13.9. The molecule has 0 saturated carbocycles. The first-order chi connectivity index (χ1) is 26.3. The van der Waals surface area contributed by atoms with Gasteiger partial charge in [0.05, 0.1) is 28.0 Å². The van der Waals surface area contributed by atoms with Crippen molar-refractivity contribution in [1.29, 1.82) is 0 Å². The van der Waals surface area contributed by atoms with E-state index in [1.807, 2.05) is 12.1 Å². The van der Waals surface area contributed by atoms with Gasteiger partial charge in [-0.2, -0.15) is 0 Å². The molecule has 1 spiro atoms. The lowest BCUT2D eigenvalue weighted by Gasteiger charge is -2.31. The molecule has 2 heterocycles. The highest BCUT2D eigenvalue weighted by Crippen LogP contribution is 2.65. The molecule has 7 aromatic carbocycles. The Balaban J connectivity index is 1.24. The lowest BCUT2D eigenvalue weighted by atomic mass is 9.69. The van der Waals surface area contributed by atoms with E-state index < -0.39 is 5.41 Å². The number of aromatic nitrogens is 3. The van der Waals surface area contributed by atoms with Crippen LogP contribution in [0.2, 0.25) is 0 Å². The highest BCUT2D eigenvalue weighted by Gasteiger charge is 2.53. The Bertz CT molecular complexity index is 2820. The summed E-state index contributed by atoms with van der Waals surface area (Å²) in [6.07, 6.45) is 0. The predicted molar refractivity (Wildman–Crippen MR) is 215 cm³/mol. The van der Waals surface area contributed by atoms with Crippen LogP contribution in [-0.2, 0) is 5.41 Å². The molecule has 2 aromatic heterocycles. The average Bonchev–Trinajstić information content (AvgIpc) is 3.72. The maximum atomic E-state index is 5.40. The quantitative estimate of drug-likeness (QED) is 0.187. The van der Waals surface area contributed by atoms with E-state index in [2.05, 4.69) is 176 Å². The van der Waals surface area contributed by atoms with E-state index in [0.717, 1.165) is 44.9 Å². The van der Waals surface area contributed by atoms with Crippen molar-refractivity contribution in [3.8, 4) is 67.4 Å². The van der Waals surface area contributed by atoms with Crippen molar-refractivity contribution >= 4 is 10.9 Å². The second kappa shape index (κ2) is 11.5. The maximum Gasteiger partial charge on any atom is 0.160 e. The van der Waals surface area contributed by atoms with E-state index in [9.17, 15) is 0 Å². The Labute approximate surface area is 308 Å². The molecule has 0 fully saturated rings. The average molecular weight is 674 g/mol. The Morgan fingerprint density at radius 2 is 0.887 bits per heavy atom. The van der Waals surface area contributed by atoms with E-state index in [0.29, 0.717) is 5.82 Å². The number of benzene rings is 7. The van der Waals surface area contributed by atoms with Crippen LogP contribution in [0.4, 0.5) is 0 Å². The van der Waals surface area contributed by atoms with Crippen molar-refractivity contribution in [2.24, 2.45) is 0 Å². The lowest BCUT2D eigenvalue weighted by Crippen LogP contribution is -2.26. The van der Waals surface area contributed by atoms with Gasteiger partial charge in [0.15, 0.2) is 5.82 Å². The molecule has 246 valence electrons. The molecule has 1 unspecified atom stereocenters. The van der Waals surface area contributed by atoms with Crippen molar-refractivity contribution in [3.05, 3.63) is 210 Å². The van der Waals surface area contributed by atoms with Crippen molar-refractivity contribution in [1.82, 2.24) is 15.0 Å². The lowest BCUT2D eigenvalue weighted by molar-refractivity contribution is 0.801. The molecule has 11 rings (SSSR count). The van der Waals surface area contributed by atoms with Gasteiger partial charge in [-0.25, -0.2) is 15.0 Å². The largest absolute Gasteiger partial charge is 0.247 e. The molecule has 0 amide bonds. The van der Waals surface area contributed by atoms with Gasteiger partial charge in [0, 0.05) is 33.2 Å². The molecule has 0 radical (unpaired) electrons. The van der Waals surface area contributed by atoms with Gasteiger partial charge in [-0.1, -0.05) is 170 Å². The first-order valence-electron chi connectivity index (χ1n) is 18.1. The zero-order valence-electron chi connectivity index (χ0n) is 28.7. The maximum absolute atomic E-state index is 5.40. The summed E-state index contributed by atoms with van der Waals surface area (Å²) >= 11 is 0. The number of hydrogen-bond acceptors (Lipinski definition) is 3. The first-order valence-corrected chi connectivity index (χ1v) is 18.1. The fourth-order valence-corrected chi connectivity index (χ4v) is 8.90. The van der Waals surface area contributed by atoms with Crippen LogP contribution >= 0.6 is 0 Å². The number of nitrogens with zero attached hydrogens (tertiary/aromatic N) is 3. The second-order valence-corrected chi connectivity index (χ2v) is 13.9. The molecule has 53 heavy (non-hydrogen) atoms. The van der Waals surface area contributed by atoms with Crippen molar-refractivity contribution in [2.45, 2.75) is 5.41 Å². The van der Waals surface area contributed by atoms with E-state index in [-0.39, 0.29) is 0 Å². The van der Waals surface area contributed by atoms with Crippen LogP contribution in [0.5, 0.6) is 0 Å². The van der Waals surface area contributed by atoms with Crippen molar-refractivity contribution in [3.63, 3.8) is 0 Å². The number of hydrogen-bond donors (Lipinski definition) is 0. The van der Waals surface area contributed by atoms with Gasteiger partial charge in [-0.05, 0) is 57.1 Å². The van der Waals surface area contributed by atoms with E-state index in [4.69, 9.17) is 15.0 Å². The summed E-state index contributed by atoms with van der Waals surface area (Å²) < 4.78 is 0. The molecule has 0 bridgehead atoms. The smallest absolute Gasteiger partial charge is 0.160 e. The minimum absolute atomic E-state index is 0.584. The molecule has 2 aliphatic carbocycles. The normalized spacial score (nSPS) is 14.9. The highest BCUT2D eigenvalue weighted by atomic mass is 14.9. The fraction of sp³-hybridized carbons (Fsp3) is 0.0200. The number of rotatable bonds is 4. The minimum atomic E-state index is -0.584. The van der Waals surface area contributed by atoms with E-state index in [1.54, 1.807) is 0 Å². The van der Waals surface area contributed by atoms with Gasteiger partial charge in [-0.15, -0.1) is 0 Å². The van der Waals surface area contributed by atoms with Crippen molar-refractivity contribution in [2.75, 3.05) is 0 Å². The van der Waals surface area contributed by atoms with Crippen LogP contribution < -0.4 is 0 Å². The number of fused-ring (bicyclic) bond motifs is 12. The monoisotopic (exact) mass is 673 g/mol. The molecule has 3 nitrogen and oxygen atoms in total. The molecular formula is C50H31N3. The highest BCUT2D eigenvalue weighted by molar-refractivity contribution is 6.06. The van der Waals surface area contributed by atoms with Crippen LogP contribution in [-0.4, -0.2) is 15.0 Å². The summed E-state index contributed by atoms with van der Waals surface area (Å²) in [7, 11) is 0. The van der Waals surface area contributed by atoms with Crippen LogP contribution in [0.25, 0.3) is 78.3 Å². The van der Waals surface area contributed by atoms with Crippen LogP contribution in [0, 0.1) is 0 Å². The zero-order valence-corrected chi connectivity index (χ0v) is 28.7. The van der Waals surface area contributed by atoms with Gasteiger partial charge in [-0.3, -0.25) is 0 Å². The van der Waals surface area contributed by atoms with E-state index >= 15 is 0 Å². The molecular weight excluding hydrogens is 643 g/mol. The van der Waals surface area contributed by atoms with E-state index in [1.165, 1.54) is 49.9 Å². The SMILES string of the molecule is c1ccc(-c2cc(-c3ccccc3)nc(-c3ccc4c(c3)C3(c5ccccc5-4)c4ccccc4-c4c(-c5ccccc5)nc5ccccc5c43)n2)cc1. The summed E-state index contributed by atoms with van der Waals surface area (Å²) in [6.45, 7) is 0. The number of pyridine rings is 1. The Hall–Kier alpha value is -6.97. The van der Waals surface area contributed by atoms with Gasteiger partial charge < -0.3 is 0 Å². The van der Waals surface area contributed by atoms with Gasteiger partial charge in [0.2, 0.25) is 0 Å². The summed E-state index contributed by atoms with van der Waals surface area (Å²) in [5, 5.41) is 1.17. The molecule has 9 aromatic rings. The van der Waals surface area contributed by atoms with Crippen LogP contribution in [0.15, 0.2) is 188 Å². The molecule has 0 aliphatic heterocycles. The molecule has 2 aliphatic rings. The van der Waals surface area contributed by atoms with Crippen LogP contribution in [0.1, 0.15) is 22.3 Å². The van der Waals surface area contributed by atoms with Crippen molar-refractivity contribution < 1.29 is 0 Å². The molecule has 0 saturated heterocycles. The molecule has 3 heteroatoms. The Morgan fingerprint density at radius 1 is 0.358 bits per heavy atom. The molecule has 1 atom stereocenters. The minimum Gasteiger partial charge on any atom is -0.247 e. The zero-order chi connectivity index (χ0) is 34.9. The standard InChI is InChI=1S/C50H31N3/c1-4-16-32(17-5-1)44-31-45(33-18-6-2-7-19-33)53-49(52-44)35-28-29-37-36-22-10-13-25-40(36)50(42(37)30-35)41-26-14-11-23-38(41)46-47(50)39-24-12-15-27-43(39)51-48(46)34-20-8-3-9-21-34/h1-31H. The summed E-state index contributed by atoms with van der Waals surface area (Å²) in [5.41, 5.74) is 17.4. The summed E-state index contributed by atoms with van der Waals surface area (Å²) in [5.74, 6) is 0.704. The topological polar surface area (TPSA) is 38.7 Å². The third kappa shape index (κ3) is 4.31. The van der Waals surface area contributed by atoms with Gasteiger partial charge in [0.1, 0.15) is 0 Å². The fourth-order valence-electron chi connectivity index (χ4n) is 8.90. The third-order valence-corrected chi connectivity index (χ3v) is 11.1. The number of para-hydroxylation sites is 1. The predicted octanol–water partition coefficient (Wildman–Crippen LogP) is 12.0. The first kappa shape index (κ1) is 29.7. The summed E-state index contributed by atoms with van der Waals surface area (Å²) in [6, 6.07) is 67.0.